The Morgan fingerprint density at radius 3 is 2.18 bits per heavy atom. The number of sulfonamides is 1. The van der Waals surface area contributed by atoms with E-state index in [-0.39, 0.29) is 6.04 Å². The first-order valence-corrected chi connectivity index (χ1v) is 11.8. The maximum atomic E-state index is 13.5. The van der Waals surface area contributed by atoms with Crippen LogP contribution < -0.4 is 0 Å². The van der Waals surface area contributed by atoms with Crippen LogP contribution in [0.4, 0.5) is 0 Å². The molecule has 1 saturated heterocycles. The van der Waals surface area contributed by atoms with Crippen molar-refractivity contribution in [3.63, 3.8) is 0 Å². The van der Waals surface area contributed by atoms with Gasteiger partial charge in [0.15, 0.2) is 0 Å². The molecule has 1 unspecified atom stereocenters. The number of piperazine rings is 1. The number of likely N-dealkylation sites (N-methyl/N-ethyl adjacent to an activating group) is 1. The van der Waals surface area contributed by atoms with E-state index in [9.17, 15) is 8.42 Å². The van der Waals surface area contributed by atoms with Gasteiger partial charge in [0.25, 0.3) is 0 Å². The summed E-state index contributed by atoms with van der Waals surface area (Å²) in [6.45, 7) is 1.98. The average Bonchev–Trinajstić information content (AvgIpc) is 2.75. The van der Waals surface area contributed by atoms with Crippen molar-refractivity contribution in [2.75, 3.05) is 26.7 Å². The molecule has 1 heterocycles. The second-order valence-electron chi connectivity index (χ2n) is 8.21. The van der Waals surface area contributed by atoms with Crippen LogP contribution in [0.15, 0.2) is 59.5 Å². The number of rotatable bonds is 4. The normalized spacial score (nSPS) is 23.0. The van der Waals surface area contributed by atoms with Gasteiger partial charge in [-0.05, 0) is 49.1 Å². The zero-order valence-electron chi connectivity index (χ0n) is 16.6. The number of benzene rings is 2. The molecule has 0 amide bonds. The van der Waals surface area contributed by atoms with Crippen molar-refractivity contribution in [3.8, 4) is 0 Å². The Balaban J connectivity index is 1.60. The summed E-state index contributed by atoms with van der Waals surface area (Å²) in [5.41, 5.74) is 2.34. The minimum Gasteiger partial charge on any atom is -0.303 e. The SMILES string of the molecule is CN1CCN(S(=O)(=O)c2ccc(C3CCCCC3)cc2)C(c2ccccc2)C1. The quantitative estimate of drug-likeness (QED) is 0.766. The Bertz CT molecular complexity index is 875. The van der Waals surface area contributed by atoms with Crippen LogP contribution in [0.1, 0.15) is 55.2 Å². The van der Waals surface area contributed by atoms with E-state index in [2.05, 4.69) is 11.9 Å². The summed E-state index contributed by atoms with van der Waals surface area (Å²) in [7, 11) is -1.47. The van der Waals surface area contributed by atoms with Crippen LogP contribution in [-0.2, 0) is 10.0 Å². The summed E-state index contributed by atoms with van der Waals surface area (Å²) in [4.78, 5) is 2.62. The van der Waals surface area contributed by atoms with E-state index in [0.29, 0.717) is 23.9 Å². The third-order valence-electron chi connectivity index (χ3n) is 6.28. The first-order chi connectivity index (χ1) is 13.6. The molecule has 28 heavy (non-hydrogen) atoms. The largest absolute Gasteiger partial charge is 0.303 e. The summed E-state index contributed by atoms with van der Waals surface area (Å²) in [5, 5.41) is 0. The molecule has 4 nitrogen and oxygen atoms in total. The van der Waals surface area contributed by atoms with Crippen molar-refractivity contribution in [2.45, 2.75) is 49.0 Å². The van der Waals surface area contributed by atoms with Crippen LogP contribution in [-0.4, -0.2) is 44.3 Å². The van der Waals surface area contributed by atoms with E-state index in [1.165, 1.54) is 37.7 Å². The Labute approximate surface area is 169 Å². The van der Waals surface area contributed by atoms with Crippen molar-refractivity contribution < 1.29 is 8.42 Å². The second kappa shape index (κ2) is 8.36. The summed E-state index contributed by atoms with van der Waals surface area (Å²) in [6, 6.07) is 17.5. The molecule has 1 aliphatic carbocycles. The predicted octanol–water partition coefficient (Wildman–Crippen LogP) is 4.41. The van der Waals surface area contributed by atoms with Gasteiger partial charge in [0.2, 0.25) is 10.0 Å². The van der Waals surface area contributed by atoms with Crippen molar-refractivity contribution >= 4 is 10.0 Å². The van der Waals surface area contributed by atoms with E-state index in [0.717, 1.165) is 12.1 Å². The van der Waals surface area contributed by atoms with E-state index in [4.69, 9.17) is 0 Å². The minimum atomic E-state index is -3.52. The number of hydrogen-bond acceptors (Lipinski definition) is 3. The third kappa shape index (κ3) is 4.02. The molecule has 0 spiro atoms. The molecular formula is C23H30N2O2S. The van der Waals surface area contributed by atoms with Crippen molar-refractivity contribution in [1.29, 1.82) is 0 Å². The molecule has 2 aliphatic rings. The summed E-state index contributed by atoms with van der Waals surface area (Å²) in [6.07, 6.45) is 6.34. The molecule has 2 fully saturated rings. The lowest BCUT2D eigenvalue weighted by atomic mass is 9.84. The zero-order valence-corrected chi connectivity index (χ0v) is 17.4. The lowest BCUT2D eigenvalue weighted by Gasteiger charge is -2.39. The van der Waals surface area contributed by atoms with Gasteiger partial charge in [-0.2, -0.15) is 4.31 Å². The number of hydrogen-bond donors (Lipinski definition) is 0. The van der Waals surface area contributed by atoms with Crippen LogP contribution in [0.25, 0.3) is 0 Å². The minimum absolute atomic E-state index is 0.150. The summed E-state index contributed by atoms with van der Waals surface area (Å²) < 4.78 is 28.6. The Kier molecular flexibility index (Phi) is 5.85. The van der Waals surface area contributed by atoms with Gasteiger partial charge >= 0.3 is 0 Å². The van der Waals surface area contributed by atoms with Crippen molar-refractivity contribution in [1.82, 2.24) is 9.21 Å². The molecule has 2 aromatic carbocycles. The molecule has 0 N–H and O–H groups in total. The molecule has 1 atom stereocenters. The van der Waals surface area contributed by atoms with Gasteiger partial charge in [-0.3, -0.25) is 0 Å². The molecule has 1 aliphatic heterocycles. The van der Waals surface area contributed by atoms with Gasteiger partial charge in [0.05, 0.1) is 10.9 Å². The maximum Gasteiger partial charge on any atom is 0.243 e. The third-order valence-corrected chi connectivity index (χ3v) is 8.20. The van der Waals surface area contributed by atoms with Crippen LogP contribution in [0.2, 0.25) is 0 Å². The highest BCUT2D eigenvalue weighted by Crippen LogP contribution is 2.34. The van der Waals surface area contributed by atoms with Crippen molar-refractivity contribution in [2.24, 2.45) is 0 Å². The van der Waals surface area contributed by atoms with Crippen LogP contribution in [0.5, 0.6) is 0 Å². The highest BCUT2D eigenvalue weighted by molar-refractivity contribution is 7.89. The highest BCUT2D eigenvalue weighted by atomic mass is 32.2. The fourth-order valence-electron chi connectivity index (χ4n) is 4.62. The number of nitrogens with zero attached hydrogens (tertiary/aromatic N) is 2. The molecule has 0 aromatic heterocycles. The van der Waals surface area contributed by atoms with Gasteiger partial charge in [0.1, 0.15) is 0 Å². The van der Waals surface area contributed by atoms with Crippen LogP contribution in [0, 0.1) is 0 Å². The standard InChI is InChI=1S/C23H30N2O2S/c1-24-16-17-25(23(18-24)21-10-6-3-7-11-21)28(26,27)22-14-12-20(13-15-22)19-8-4-2-5-9-19/h3,6-7,10-15,19,23H,2,4-5,8-9,16-18H2,1H3. The highest BCUT2D eigenvalue weighted by Gasteiger charge is 2.36. The van der Waals surface area contributed by atoms with E-state index < -0.39 is 10.0 Å². The van der Waals surface area contributed by atoms with Crippen LogP contribution >= 0.6 is 0 Å². The molecule has 5 heteroatoms. The lowest BCUT2D eigenvalue weighted by molar-refractivity contribution is 0.160. The van der Waals surface area contributed by atoms with Crippen LogP contribution in [0.3, 0.4) is 0 Å². The molecule has 0 radical (unpaired) electrons. The van der Waals surface area contributed by atoms with Gasteiger partial charge in [-0.25, -0.2) is 8.42 Å². The van der Waals surface area contributed by atoms with E-state index in [1.807, 2.05) is 54.6 Å². The summed E-state index contributed by atoms with van der Waals surface area (Å²) >= 11 is 0. The fraction of sp³-hybridized carbons (Fsp3) is 0.478. The van der Waals surface area contributed by atoms with Gasteiger partial charge in [0, 0.05) is 19.6 Å². The molecule has 1 saturated carbocycles. The second-order valence-corrected chi connectivity index (χ2v) is 10.1. The molecule has 4 rings (SSSR count). The Morgan fingerprint density at radius 1 is 0.821 bits per heavy atom. The van der Waals surface area contributed by atoms with Gasteiger partial charge in [-0.1, -0.05) is 61.7 Å². The zero-order chi connectivity index (χ0) is 19.6. The predicted molar refractivity (Wildman–Crippen MR) is 113 cm³/mol. The Hall–Kier alpha value is -1.69. The van der Waals surface area contributed by atoms with Gasteiger partial charge in [-0.15, -0.1) is 0 Å². The first kappa shape index (κ1) is 19.6. The maximum absolute atomic E-state index is 13.5. The molecule has 150 valence electrons. The average molecular weight is 399 g/mol. The Morgan fingerprint density at radius 2 is 1.50 bits per heavy atom. The fourth-order valence-corrected chi connectivity index (χ4v) is 6.22. The van der Waals surface area contributed by atoms with Crippen molar-refractivity contribution in [3.05, 3.63) is 65.7 Å². The van der Waals surface area contributed by atoms with E-state index >= 15 is 0 Å². The monoisotopic (exact) mass is 398 g/mol. The smallest absolute Gasteiger partial charge is 0.243 e. The molecule has 0 bridgehead atoms. The van der Waals surface area contributed by atoms with Gasteiger partial charge < -0.3 is 4.90 Å². The summed E-state index contributed by atoms with van der Waals surface area (Å²) in [5.74, 6) is 0.589. The molecular weight excluding hydrogens is 368 g/mol. The molecule has 2 aromatic rings. The first-order valence-electron chi connectivity index (χ1n) is 10.4. The topological polar surface area (TPSA) is 40.6 Å². The van der Waals surface area contributed by atoms with E-state index in [1.54, 1.807) is 4.31 Å². The lowest BCUT2D eigenvalue weighted by Crippen LogP contribution is -2.49.